The van der Waals surface area contributed by atoms with Gasteiger partial charge in [0.15, 0.2) is 4.90 Å². The third-order valence-corrected chi connectivity index (χ3v) is 6.21. The Labute approximate surface area is 116 Å². The van der Waals surface area contributed by atoms with Crippen molar-refractivity contribution in [2.24, 2.45) is 5.73 Å². The lowest BCUT2D eigenvalue weighted by Crippen LogP contribution is -2.50. The molecule has 0 aliphatic carbocycles. The van der Waals surface area contributed by atoms with Crippen LogP contribution in [0.25, 0.3) is 0 Å². The molecule has 2 aliphatic heterocycles. The summed E-state index contributed by atoms with van der Waals surface area (Å²) in [6.45, 7) is 0. The molecule has 110 valence electrons. The van der Waals surface area contributed by atoms with E-state index in [1.807, 2.05) is 0 Å². The van der Waals surface area contributed by atoms with Crippen LogP contribution in [0.4, 0.5) is 8.78 Å². The van der Waals surface area contributed by atoms with Crippen LogP contribution < -0.4 is 5.73 Å². The zero-order valence-corrected chi connectivity index (χ0v) is 11.6. The van der Waals surface area contributed by atoms with Crippen molar-refractivity contribution in [3.63, 3.8) is 0 Å². The zero-order valence-electron chi connectivity index (χ0n) is 10.8. The van der Waals surface area contributed by atoms with Crippen LogP contribution in [0.5, 0.6) is 0 Å². The first-order valence-electron chi connectivity index (χ1n) is 6.64. The fourth-order valence-corrected chi connectivity index (χ4v) is 5.41. The fourth-order valence-electron chi connectivity index (χ4n) is 3.40. The number of nitrogens with two attached hydrogens (primary N) is 1. The van der Waals surface area contributed by atoms with Crippen molar-refractivity contribution < 1.29 is 17.2 Å². The first kappa shape index (κ1) is 13.9. The van der Waals surface area contributed by atoms with Crippen molar-refractivity contribution >= 4 is 10.0 Å². The van der Waals surface area contributed by atoms with Crippen LogP contribution >= 0.6 is 0 Å². The van der Waals surface area contributed by atoms with Crippen molar-refractivity contribution in [1.29, 1.82) is 0 Å². The van der Waals surface area contributed by atoms with E-state index in [1.54, 1.807) is 0 Å². The normalized spacial score (nSPS) is 30.6. The molecule has 0 saturated carbocycles. The SMILES string of the molecule is NC1CC2CCC(C1)N2S(=O)(=O)c1c(F)cccc1F. The molecule has 2 heterocycles. The lowest BCUT2D eigenvalue weighted by Gasteiger charge is -2.36. The van der Waals surface area contributed by atoms with Crippen LogP contribution in [-0.4, -0.2) is 30.8 Å². The Bertz CT molecular complexity index is 601. The molecular formula is C13H16F2N2O2S. The van der Waals surface area contributed by atoms with E-state index in [0.717, 1.165) is 18.2 Å². The summed E-state index contributed by atoms with van der Waals surface area (Å²) in [5.41, 5.74) is 5.89. The molecule has 2 N–H and O–H groups in total. The van der Waals surface area contributed by atoms with Gasteiger partial charge < -0.3 is 5.73 Å². The number of piperidine rings is 1. The number of benzene rings is 1. The molecule has 20 heavy (non-hydrogen) atoms. The zero-order chi connectivity index (χ0) is 14.5. The van der Waals surface area contributed by atoms with Gasteiger partial charge in [-0.05, 0) is 37.8 Å². The van der Waals surface area contributed by atoms with Gasteiger partial charge in [-0.25, -0.2) is 17.2 Å². The highest BCUT2D eigenvalue weighted by Crippen LogP contribution is 2.40. The minimum absolute atomic E-state index is 0.0376. The summed E-state index contributed by atoms with van der Waals surface area (Å²) in [6.07, 6.45) is 2.50. The van der Waals surface area contributed by atoms with Crippen molar-refractivity contribution in [1.82, 2.24) is 4.31 Å². The largest absolute Gasteiger partial charge is 0.328 e. The molecule has 2 unspecified atom stereocenters. The Hall–Kier alpha value is -1.05. The molecule has 2 saturated heterocycles. The second-order valence-corrected chi connectivity index (χ2v) is 7.28. The molecule has 2 aliphatic rings. The van der Waals surface area contributed by atoms with Gasteiger partial charge in [0, 0.05) is 18.1 Å². The van der Waals surface area contributed by atoms with E-state index in [-0.39, 0.29) is 18.1 Å². The van der Waals surface area contributed by atoms with E-state index >= 15 is 0 Å². The van der Waals surface area contributed by atoms with Crippen LogP contribution in [0, 0.1) is 11.6 Å². The maximum atomic E-state index is 13.8. The second-order valence-electron chi connectivity index (χ2n) is 5.50. The number of hydrogen-bond donors (Lipinski definition) is 1. The second kappa shape index (κ2) is 4.75. The maximum absolute atomic E-state index is 13.8. The summed E-state index contributed by atoms with van der Waals surface area (Å²) in [7, 11) is -4.15. The molecule has 0 amide bonds. The van der Waals surface area contributed by atoms with Gasteiger partial charge >= 0.3 is 0 Å². The summed E-state index contributed by atoms with van der Waals surface area (Å²) in [5.74, 6) is -2.08. The lowest BCUT2D eigenvalue weighted by atomic mass is 10.0. The molecule has 1 aromatic carbocycles. The smallest absolute Gasteiger partial charge is 0.249 e. The quantitative estimate of drug-likeness (QED) is 0.902. The minimum atomic E-state index is -4.15. The van der Waals surface area contributed by atoms with Gasteiger partial charge in [-0.3, -0.25) is 0 Å². The van der Waals surface area contributed by atoms with Crippen LogP contribution in [0.3, 0.4) is 0 Å². The Kier molecular flexibility index (Phi) is 3.30. The standard InChI is InChI=1S/C13H16F2N2O2S/c14-11-2-1-3-12(15)13(11)20(18,19)17-9-4-5-10(17)7-8(16)6-9/h1-3,8-10H,4-7,16H2. The van der Waals surface area contributed by atoms with Gasteiger partial charge in [0.05, 0.1) is 0 Å². The summed E-state index contributed by atoms with van der Waals surface area (Å²) in [4.78, 5) is -0.840. The predicted molar refractivity (Wildman–Crippen MR) is 69.4 cm³/mol. The topological polar surface area (TPSA) is 63.4 Å². The summed E-state index contributed by atoms with van der Waals surface area (Å²) >= 11 is 0. The van der Waals surface area contributed by atoms with Crippen molar-refractivity contribution in [2.75, 3.05) is 0 Å². The van der Waals surface area contributed by atoms with Crippen molar-refractivity contribution in [3.8, 4) is 0 Å². The van der Waals surface area contributed by atoms with Crippen molar-refractivity contribution in [2.45, 2.75) is 48.7 Å². The van der Waals surface area contributed by atoms with E-state index in [4.69, 9.17) is 5.73 Å². The third kappa shape index (κ3) is 2.04. The highest BCUT2D eigenvalue weighted by atomic mass is 32.2. The average molecular weight is 302 g/mol. The third-order valence-electron chi connectivity index (χ3n) is 4.16. The van der Waals surface area contributed by atoms with Gasteiger partial charge in [-0.1, -0.05) is 6.07 Å². The van der Waals surface area contributed by atoms with E-state index in [0.29, 0.717) is 25.7 Å². The van der Waals surface area contributed by atoms with E-state index < -0.39 is 26.6 Å². The number of rotatable bonds is 2. The first-order chi connectivity index (χ1) is 9.41. The lowest BCUT2D eigenvalue weighted by molar-refractivity contribution is 0.226. The Balaban J connectivity index is 2.06. The van der Waals surface area contributed by atoms with Gasteiger partial charge in [0.1, 0.15) is 11.6 Å². The van der Waals surface area contributed by atoms with Crippen LogP contribution in [0.2, 0.25) is 0 Å². The monoisotopic (exact) mass is 302 g/mol. The molecule has 1 aromatic rings. The summed E-state index contributed by atoms with van der Waals surface area (Å²) < 4.78 is 54.0. The molecule has 0 radical (unpaired) electrons. The number of sulfonamides is 1. The van der Waals surface area contributed by atoms with Crippen LogP contribution in [-0.2, 0) is 10.0 Å². The highest BCUT2D eigenvalue weighted by Gasteiger charge is 2.47. The molecule has 4 nitrogen and oxygen atoms in total. The molecule has 0 aromatic heterocycles. The van der Waals surface area contributed by atoms with Gasteiger partial charge in [-0.15, -0.1) is 0 Å². The van der Waals surface area contributed by atoms with Gasteiger partial charge in [-0.2, -0.15) is 4.31 Å². The number of fused-ring (bicyclic) bond motifs is 2. The Morgan fingerprint density at radius 2 is 1.60 bits per heavy atom. The highest BCUT2D eigenvalue weighted by molar-refractivity contribution is 7.89. The Morgan fingerprint density at radius 1 is 1.10 bits per heavy atom. The summed E-state index contributed by atoms with van der Waals surface area (Å²) in [5, 5.41) is 0. The average Bonchev–Trinajstić information content (AvgIpc) is 2.62. The van der Waals surface area contributed by atoms with Crippen LogP contribution in [0.15, 0.2) is 23.1 Å². The minimum Gasteiger partial charge on any atom is -0.328 e. The van der Waals surface area contributed by atoms with E-state index in [9.17, 15) is 17.2 Å². The number of hydrogen-bond acceptors (Lipinski definition) is 3. The maximum Gasteiger partial charge on any atom is 0.249 e. The predicted octanol–water partition coefficient (Wildman–Crippen LogP) is 1.61. The molecule has 2 fully saturated rings. The molecule has 7 heteroatoms. The van der Waals surface area contributed by atoms with Gasteiger partial charge in [0.25, 0.3) is 0 Å². The molecular weight excluding hydrogens is 286 g/mol. The molecule has 2 atom stereocenters. The molecule has 2 bridgehead atoms. The number of halogens is 2. The van der Waals surface area contributed by atoms with E-state index in [1.165, 1.54) is 4.31 Å². The Morgan fingerprint density at radius 3 is 2.10 bits per heavy atom. The van der Waals surface area contributed by atoms with Crippen LogP contribution in [0.1, 0.15) is 25.7 Å². The van der Waals surface area contributed by atoms with Gasteiger partial charge in [0.2, 0.25) is 10.0 Å². The fraction of sp³-hybridized carbons (Fsp3) is 0.538. The van der Waals surface area contributed by atoms with Crippen molar-refractivity contribution in [3.05, 3.63) is 29.8 Å². The summed E-state index contributed by atoms with van der Waals surface area (Å²) in [6, 6.07) is 2.57. The first-order valence-corrected chi connectivity index (χ1v) is 8.08. The van der Waals surface area contributed by atoms with E-state index in [2.05, 4.69) is 0 Å². The number of nitrogens with zero attached hydrogens (tertiary/aromatic N) is 1. The molecule has 3 rings (SSSR count). The molecule has 0 spiro atoms.